The van der Waals surface area contributed by atoms with E-state index in [4.69, 9.17) is 15.2 Å². The predicted molar refractivity (Wildman–Crippen MR) is 60.7 cm³/mol. The summed E-state index contributed by atoms with van der Waals surface area (Å²) in [7, 11) is 3.41. The van der Waals surface area contributed by atoms with Gasteiger partial charge in [0.1, 0.15) is 5.82 Å². The molecule has 0 fully saturated rings. The van der Waals surface area contributed by atoms with Crippen molar-refractivity contribution in [3.8, 4) is 17.5 Å². The van der Waals surface area contributed by atoms with Crippen LogP contribution in [0.5, 0.6) is 17.5 Å². The van der Waals surface area contributed by atoms with Gasteiger partial charge in [-0.15, -0.1) is 0 Å². The Labute approximate surface area is 93.4 Å². The molecular weight excluding hydrogens is 206 g/mol. The molecule has 0 saturated heterocycles. The summed E-state index contributed by atoms with van der Waals surface area (Å²) < 4.78 is 12.5. The number of nitrogens with zero attached hydrogens (tertiary/aromatic N) is 2. The van der Waals surface area contributed by atoms with Crippen molar-refractivity contribution in [1.82, 2.24) is 9.55 Å². The fourth-order valence-electron chi connectivity index (χ4n) is 1.37. The number of nitrogen functional groups attached to an aromatic ring is 1. The number of rotatable bonds is 3. The lowest BCUT2D eigenvalue weighted by molar-refractivity contribution is 0.362. The molecule has 1 aromatic carbocycles. The van der Waals surface area contributed by atoms with E-state index in [0.29, 0.717) is 23.3 Å². The van der Waals surface area contributed by atoms with Crippen molar-refractivity contribution in [3.63, 3.8) is 0 Å². The average Bonchev–Trinajstić information content (AvgIpc) is 2.58. The molecule has 1 aromatic heterocycles. The van der Waals surface area contributed by atoms with Crippen molar-refractivity contribution >= 4 is 5.82 Å². The van der Waals surface area contributed by atoms with E-state index in [1.165, 1.54) is 0 Å². The van der Waals surface area contributed by atoms with Crippen molar-refractivity contribution in [2.45, 2.75) is 0 Å². The Hall–Kier alpha value is -2.17. The molecule has 0 atom stereocenters. The van der Waals surface area contributed by atoms with Gasteiger partial charge in [0.2, 0.25) is 0 Å². The summed E-state index contributed by atoms with van der Waals surface area (Å²) in [5.41, 5.74) is 5.56. The second-order valence-electron chi connectivity index (χ2n) is 3.31. The van der Waals surface area contributed by atoms with Crippen LogP contribution in [-0.4, -0.2) is 16.7 Å². The highest BCUT2D eigenvalue weighted by molar-refractivity contribution is 5.41. The number of para-hydroxylation sites is 2. The smallest absolute Gasteiger partial charge is 0.303 e. The largest absolute Gasteiger partial charge is 0.493 e. The summed E-state index contributed by atoms with van der Waals surface area (Å²) in [6.07, 6.45) is 1.69. The summed E-state index contributed by atoms with van der Waals surface area (Å²) in [6, 6.07) is 7.80. The van der Waals surface area contributed by atoms with Crippen LogP contribution < -0.4 is 15.2 Å². The van der Waals surface area contributed by atoms with Crippen LogP contribution >= 0.6 is 0 Å². The third-order valence-corrected chi connectivity index (χ3v) is 2.12. The van der Waals surface area contributed by atoms with Gasteiger partial charge in [0.15, 0.2) is 11.5 Å². The summed E-state index contributed by atoms with van der Waals surface area (Å²) in [6.45, 7) is 0. The van der Waals surface area contributed by atoms with E-state index in [1.54, 1.807) is 17.9 Å². The van der Waals surface area contributed by atoms with Crippen LogP contribution in [0, 0.1) is 0 Å². The third-order valence-electron chi connectivity index (χ3n) is 2.12. The van der Waals surface area contributed by atoms with Crippen molar-refractivity contribution in [2.24, 2.45) is 7.05 Å². The van der Waals surface area contributed by atoms with Gasteiger partial charge < -0.3 is 19.8 Å². The first-order chi connectivity index (χ1) is 7.70. The Bertz CT molecular complexity index is 494. The van der Waals surface area contributed by atoms with Crippen LogP contribution in [0.25, 0.3) is 0 Å². The molecule has 0 unspecified atom stereocenters. The molecule has 84 valence electrons. The van der Waals surface area contributed by atoms with E-state index in [9.17, 15) is 0 Å². The van der Waals surface area contributed by atoms with E-state index in [2.05, 4.69) is 4.98 Å². The number of methoxy groups -OCH3 is 1. The lowest BCUT2D eigenvalue weighted by atomic mass is 10.3. The third kappa shape index (κ3) is 1.93. The van der Waals surface area contributed by atoms with Gasteiger partial charge >= 0.3 is 6.01 Å². The molecule has 5 nitrogen and oxygen atoms in total. The second-order valence-corrected chi connectivity index (χ2v) is 3.31. The Morgan fingerprint density at radius 2 is 1.94 bits per heavy atom. The first kappa shape index (κ1) is 10.4. The number of benzene rings is 1. The van der Waals surface area contributed by atoms with Gasteiger partial charge in [-0.1, -0.05) is 12.1 Å². The van der Waals surface area contributed by atoms with Crippen LogP contribution in [0.2, 0.25) is 0 Å². The van der Waals surface area contributed by atoms with E-state index >= 15 is 0 Å². The molecule has 2 rings (SSSR count). The van der Waals surface area contributed by atoms with Crippen molar-refractivity contribution in [3.05, 3.63) is 30.5 Å². The van der Waals surface area contributed by atoms with Gasteiger partial charge in [-0.2, -0.15) is 4.98 Å². The van der Waals surface area contributed by atoms with E-state index in [-0.39, 0.29) is 0 Å². The molecule has 2 N–H and O–H groups in total. The van der Waals surface area contributed by atoms with Gasteiger partial charge in [0, 0.05) is 7.05 Å². The summed E-state index contributed by atoms with van der Waals surface area (Å²) >= 11 is 0. The minimum absolute atomic E-state index is 0.424. The number of hydrogen-bond acceptors (Lipinski definition) is 4. The highest BCUT2D eigenvalue weighted by Gasteiger charge is 2.08. The number of ether oxygens (including phenoxy) is 2. The maximum atomic E-state index is 5.60. The number of aryl methyl sites for hydroxylation is 1. The molecule has 1 heterocycles. The van der Waals surface area contributed by atoms with E-state index < -0.39 is 0 Å². The average molecular weight is 219 g/mol. The predicted octanol–water partition coefficient (Wildman–Crippen LogP) is 1.80. The minimum Gasteiger partial charge on any atom is -0.493 e. The first-order valence-electron chi connectivity index (χ1n) is 4.80. The molecule has 0 aliphatic rings. The van der Waals surface area contributed by atoms with Gasteiger partial charge in [-0.05, 0) is 12.1 Å². The normalized spacial score (nSPS) is 10.1. The van der Waals surface area contributed by atoms with Crippen molar-refractivity contribution in [2.75, 3.05) is 12.8 Å². The molecule has 5 heteroatoms. The lowest BCUT2D eigenvalue weighted by Crippen LogP contribution is -1.95. The fraction of sp³-hybridized carbons (Fsp3) is 0.182. The number of anilines is 1. The zero-order valence-electron chi connectivity index (χ0n) is 9.18. The Balaban J connectivity index is 2.30. The standard InChI is InChI=1S/C11H13N3O2/c1-14-7-10(12)13-11(14)16-9-6-4-3-5-8(9)15-2/h3-7H,12H2,1-2H3. The molecule has 0 radical (unpaired) electrons. The fourth-order valence-corrected chi connectivity index (χ4v) is 1.37. The zero-order valence-corrected chi connectivity index (χ0v) is 9.18. The van der Waals surface area contributed by atoms with Crippen LogP contribution in [0.4, 0.5) is 5.82 Å². The van der Waals surface area contributed by atoms with Gasteiger partial charge in [-0.3, -0.25) is 0 Å². The molecule has 0 spiro atoms. The Morgan fingerprint density at radius 3 is 2.50 bits per heavy atom. The van der Waals surface area contributed by atoms with Crippen LogP contribution in [0.3, 0.4) is 0 Å². The number of nitrogens with two attached hydrogens (primary N) is 1. The van der Waals surface area contributed by atoms with E-state index in [1.807, 2.05) is 31.3 Å². The summed E-state index contributed by atoms with van der Waals surface area (Å²) in [5.74, 6) is 1.69. The molecule has 0 aliphatic carbocycles. The number of imidazole rings is 1. The van der Waals surface area contributed by atoms with Crippen LogP contribution in [-0.2, 0) is 7.05 Å². The molecule has 0 saturated carbocycles. The minimum atomic E-state index is 0.424. The van der Waals surface area contributed by atoms with Gasteiger partial charge in [0.25, 0.3) is 0 Å². The van der Waals surface area contributed by atoms with Crippen LogP contribution in [0.1, 0.15) is 0 Å². The molecule has 2 aromatic rings. The second kappa shape index (κ2) is 4.14. The van der Waals surface area contributed by atoms with Crippen LogP contribution in [0.15, 0.2) is 30.5 Å². The molecular formula is C11H13N3O2. The number of hydrogen-bond donors (Lipinski definition) is 1. The maximum Gasteiger partial charge on any atom is 0.303 e. The number of aromatic nitrogens is 2. The SMILES string of the molecule is COc1ccccc1Oc1nc(N)cn1C. The summed E-state index contributed by atoms with van der Waals surface area (Å²) in [5, 5.41) is 0. The first-order valence-corrected chi connectivity index (χ1v) is 4.80. The summed E-state index contributed by atoms with van der Waals surface area (Å²) in [4.78, 5) is 4.04. The molecule has 0 aliphatic heterocycles. The van der Waals surface area contributed by atoms with E-state index in [0.717, 1.165) is 0 Å². The van der Waals surface area contributed by atoms with Crippen molar-refractivity contribution in [1.29, 1.82) is 0 Å². The zero-order chi connectivity index (χ0) is 11.5. The quantitative estimate of drug-likeness (QED) is 0.855. The highest BCUT2D eigenvalue weighted by Crippen LogP contribution is 2.30. The maximum absolute atomic E-state index is 5.60. The van der Waals surface area contributed by atoms with Gasteiger partial charge in [-0.25, -0.2) is 0 Å². The Kier molecular flexibility index (Phi) is 2.68. The Morgan fingerprint density at radius 1 is 1.25 bits per heavy atom. The lowest BCUT2D eigenvalue weighted by Gasteiger charge is -2.08. The monoisotopic (exact) mass is 219 g/mol. The molecule has 16 heavy (non-hydrogen) atoms. The highest BCUT2D eigenvalue weighted by atomic mass is 16.5. The molecule has 0 amide bonds. The van der Waals surface area contributed by atoms with Gasteiger partial charge in [0.05, 0.1) is 13.3 Å². The topological polar surface area (TPSA) is 62.3 Å². The molecule has 0 bridgehead atoms. The van der Waals surface area contributed by atoms with Crippen molar-refractivity contribution < 1.29 is 9.47 Å².